The number of carbonyl (C=O) groups is 1. The molecule has 5 heteroatoms. The van der Waals surface area contributed by atoms with E-state index in [1.54, 1.807) is 6.08 Å². The van der Waals surface area contributed by atoms with Gasteiger partial charge in [0, 0.05) is 18.5 Å². The Morgan fingerprint density at radius 3 is 2.79 bits per heavy atom. The first-order valence-corrected chi connectivity index (χ1v) is 9.37. The number of anilines is 1. The Morgan fingerprint density at radius 2 is 1.93 bits per heavy atom. The molecule has 0 radical (unpaired) electrons. The second kappa shape index (κ2) is 8.44. The molecule has 0 fully saturated rings. The lowest BCUT2D eigenvalue weighted by Gasteiger charge is -2.07. The fourth-order valence-corrected chi connectivity index (χ4v) is 3.00. The average molecular weight is 383 g/mol. The molecule has 2 aromatic carbocycles. The summed E-state index contributed by atoms with van der Waals surface area (Å²) in [5.41, 5.74) is 4.50. The number of pyridine rings is 1. The summed E-state index contributed by atoms with van der Waals surface area (Å²) in [7, 11) is 0. The normalized spacial score (nSPS) is 11.1. The van der Waals surface area contributed by atoms with E-state index in [1.165, 1.54) is 6.08 Å². The number of nitrogens with one attached hydrogen (secondary N) is 1. The van der Waals surface area contributed by atoms with Gasteiger partial charge in [-0.1, -0.05) is 42.5 Å². The molecule has 2 aromatic heterocycles. The summed E-state index contributed by atoms with van der Waals surface area (Å²) in [4.78, 5) is 16.6. The number of imidazole rings is 1. The first-order chi connectivity index (χ1) is 14.2. The van der Waals surface area contributed by atoms with Crippen LogP contribution in [-0.4, -0.2) is 15.3 Å². The first-order valence-electron chi connectivity index (χ1n) is 9.37. The van der Waals surface area contributed by atoms with Crippen molar-refractivity contribution in [1.29, 1.82) is 0 Å². The lowest BCUT2D eigenvalue weighted by atomic mass is 10.2. The van der Waals surface area contributed by atoms with Gasteiger partial charge < -0.3 is 14.5 Å². The van der Waals surface area contributed by atoms with E-state index in [9.17, 15) is 4.79 Å². The van der Waals surface area contributed by atoms with E-state index in [2.05, 4.69) is 10.3 Å². The van der Waals surface area contributed by atoms with Crippen LogP contribution in [0.25, 0.3) is 11.7 Å². The van der Waals surface area contributed by atoms with Gasteiger partial charge >= 0.3 is 0 Å². The number of hydrogen-bond donors (Lipinski definition) is 1. The van der Waals surface area contributed by atoms with E-state index >= 15 is 0 Å². The maximum atomic E-state index is 12.3. The van der Waals surface area contributed by atoms with Gasteiger partial charge in [-0.05, 0) is 48.4 Å². The van der Waals surface area contributed by atoms with Crippen molar-refractivity contribution < 1.29 is 9.53 Å². The minimum absolute atomic E-state index is 0.197. The summed E-state index contributed by atoms with van der Waals surface area (Å²) < 4.78 is 7.73. The lowest BCUT2D eigenvalue weighted by Crippen LogP contribution is -2.08. The highest BCUT2D eigenvalue weighted by atomic mass is 16.5. The van der Waals surface area contributed by atoms with Crippen LogP contribution in [0.2, 0.25) is 0 Å². The molecule has 0 atom stereocenters. The van der Waals surface area contributed by atoms with E-state index in [-0.39, 0.29) is 5.91 Å². The molecular weight excluding hydrogens is 362 g/mol. The first kappa shape index (κ1) is 18.5. The summed E-state index contributed by atoms with van der Waals surface area (Å²) in [6, 6.07) is 21.4. The fraction of sp³-hybridized carbons (Fsp3) is 0.0833. The van der Waals surface area contributed by atoms with E-state index in [4.69, 9.17) is 4.74 Å². The minimum atomic E-state index is -0.197. The van der Waals surface area contributed by atoms with Gasteiger partial charge in [-0.3, -0.25) is 4.79 Å². The number of nitrogens with zero attached hydrogens (tertiary/aromatic N) is 2. The zero-order valence-corrected chi connectivity index (χ0v) is 16.1. The number of aromatic nitrogens is 2. The monoisotopic (exact) mass is 383 g/mol. The number of benzene rings is 2. The third-order valence-electron chi connectivity index (χ3n) is 4.37. The molecule has 0 saturated carbocycles. The third-order valence-corrected chi connectivity index (χ3v) is 4.37. The van der Waals surface area contributed by atoms with Gasteiger partial charge in [0.15, 0.2) is 0 Å². The van der Waals surface area contributed by atoms with Crippen LogP contribution < -0.4 is 10.1 Å². The van der Waals surface area contributed by atoms with Crippen molar-refractivity contribution in [2.75, 3.05) is 5.32 Å². The van der Waals surface area contributed by atoms with E-state index < -0.39 is 0 Å². The predicted octanol–water partition coefficient (Wildman–Crippen LogP) is 4.87. The highest BCUT2D eigenvalue weighted by Crippen LogP contribution is 2.17. The summed E-state index contributed by atoms with van der Waals surface area (Å²) in [6.45, 7) is 2.44. The summed E-state index contributed by atoms with van der Waals surface area (Å²) in [5.74, 6) is 0.564. The molecule has 2 heterocycles. The van der Waals surface area contributed by atoms with E-state index in [0.29, 0.717) is 12.3 Å². The van der Waals surface area contributed by atoms with Gasteiger partial charge in [-0.25, -0.2) is 4.98 Å². The molecule has 0 aliphatic carbocycles. The zero-order chi connectivity index (χ0) is 20.1. The number of hydrogen-bond acceptors (Lipinski definition) is 3. The van der Waals surface area contributed by atoms with Gasteiger partial charge in [0.1, 0.15) is 18.0 Å². The van der Waals surface area contributed by atoms with Crippen molar-refractivity contribution in [3.05, 3.63) is 102 Å². The van der Waals surface area contributed by atoms with E-state index in [1.807, 2.05) is 90.4 Å². The van der Waals surface area contributed by atoms with Crippen LogP contribution in [0.3, 0.4) is 0 Å². The van der Waals surface area contributed by atoms with Crippen LogP contribution in [-0.2, 0) is 11.4 Å². The molecule has 5 nitrogen and oxygen atoms in total. The maximum Gasteiger partial charge on any atom is 0.248 e. The van der Waals surface area contributed by atoms with Crippen LogP contribution in [0.1, 0.15) is 16.8 Å². The van der Waals surface area contributed by atoms with Crippen molar-refractivity contribution in [3.63, 3.8) is 0 Å². The Bertz CT molecular complexity index is 1160. The molecule has 144 valence electrons. The van der Waals surface area contributed by atoms with Gasteiger partial charge in [0.2, 0.25) is 5.91 Å². The molecule has 0 aliphatic rings. The zero-order valence-electron chi connectivity index (χ0n) is 16.1. The van der Waals surface area contributed by atoms with Crippen LogP contribution in [0, 0.1) is 6.92 Å². The van der Waals surface area contributed by atoms with Gasteiger partial charge in [-0.15, -0.1) is 0 Å². The maximum absolute atomic E-state index is 12.3. The van der Waals surface area contributed by atoms with Crippen LogP contribution in [0.5, 0.6) is 5.75 Å². The Labute approximate surface area is 169 Å². The molecule has 0 bridgehead atoms. The van der Waals surface area contributed by atoms with Crippen LogP contribution in [0.4, 0.5) is 5.69 Å². The third kappa shape index (κ3) is 4.90. The second-order valence-corrected chi connectivity index (χ2v) is 6.73. The fourth-order valence-electron chi connectivity index (χ4n) is 3.00. The predicted molar refractivity (Wildman–Crippen MR) is 115 cm³/mol. The Hall–Kier alpha value is -3.86. The van der Waals surface area contributed by atoms with Crippen molar-refractivity contribution in [1.82, 2.24) is 9.38 Å². The Morgan fingerprint density at radius 1 is 1.07 bits per heavy atom. The minimum Gasteiger partial charge on any atom is -0.489 e. The number of amides is 1. The molecule has 0 saturated heterocycles. The Balaban J connectivity index is 1.38. The molecule has 29 heavy (non-hydrogen) atoms. The van der Waals surface area contributed by atoms with Crippen molar-refractivity contribution >= 4 is 23.3 Å². The number of rotatable bonds is 6. The largest absolute Gasteiger partial charge is 0.489 e. The second-order valence-electron chi connectivity index (χ2n) is 6.73. The van der Waals surface area contributed by atoms with Crippen molar-refractivity contribution in [2.24, 2.45) is 0 Å². The number of ether oxygens (including phenoxy) is 1. The van der Waals surface area contributed by atoms with E-state index in [0.717, 1.165) is 28.2 Å². The topological polar surface area (TPSA) is 55.6 Å². The quantitative estimate of drug-likeness (QED) is 0.483. The number of carbonyl (C=O) groups excluding carboxylic acids is 1. The smallest absolute Gasteiger partial charge is 0.248 e. The molecule has 0 spiro atoms. The molecular formula is C24H21N3O2. The molecule has 0 unspecified atom stereocenters. The van der Waals surface area contributed by atoms with Gasteiger partial charge in [-0.2, -0.15) is 0 Å². The summed E-state index contributed by atoms with van der Waals surface area (Å²) in [5, 5.41) is 2.87. The molecule has 1 N–H and O–H groups in total. The number of aryl methyl sites for hydroxylation is 1. The Kier molecular flexibility index (Phi) is 5.38. The summed E-state index contributed by atoms with van der Waals surface area (Å²) in [6.07, 6.45) is 7.05. The lowest BCUT2D eigenvalue weighted by molar-refractivity contribution is -0.111. The molecule has 4 rings (SSSR count). The highest BCUT2D eigenvalue weighted by Gasteiger charge is 2.02. The summed E-state index contributed by atoms with van der Waals surface area (Å²) >= 11 is 0. The van der Waals surface area contributed by atoms with Gasteiger partial charge in [0.05, 0.1) is 11.4 Å². The molecule has 0 aliphatic heterocycles. The average Bonchev–Trinajstić information content (AvgIpc) is 3.11. The van der Waals surface area contributed by atoms with Crippen LogP contribution >= 0.6 is 0 Å². The van der Waals surface area contributed by atoms with Crippen molar-refractivity contribution in [3.8, 4) is 5.75 Å². The van der Waals surface area contributed by atoms with Crippen LogP contribution in [0.15, 0.2) is 85.2 Å². The van der Waals surface area contributed by atoms with Crippen molar-refractivity contribution in [2.45, 2.75) is 13.5 Å². The standard InChI is InChI=1S/C24H21N3O2/c1-18-15-27-16-21(11-12-23(27)25-18)26-24(28)13-10-19-8-5-9-22(14-19)29-17-20-6-3-2-4-7-20/h2-16H,17H2,1H3,(H,26,28)/b13-10+. The molecule has 4 aromatic rings. The highest BCUT2D eigenvalue weighted by molar-refractivity contribution is 6.01. The number of fused-ring (bicyclic) bond motifs is 1. The SMILES string of the molecule is Cc1cn2cc(NC(=O)/C=C/c3cccc(OCc4ccccc4)c3)ccc2n1. The molecule has 1 amide bonds. The van der Waals surface area contributed by atoms with Gasteiger partial charge in [0.25, 0.3) is 0 Å².